The number of carbonyl (C=O) groups excluding carboxylic acids is 1. The van der Waals surface area contributed by atoms with Crippen molar-refractivity contribution in [3.63, 3.8) is 0 Å². The van der Waals surface area contributed by atoms with Crippen molar-refractivity contribution < 1.29 is 18.1 Å². The molecule has 0 fully saturated rings. The van der Waals surface area contributed by atoms with Gasteiger partial charge in [-0.2, -0.15) is 4.98 Å². The molecule has 0 unspecified atom stereocenters. The molecule has 100 valence electrons. The summed E-state index contributed by atoms with van der Waals surface area (Å²) in [5.41, 5.74) is -0.410. The summed E-state index contributed by atoms with van der Waals surface area (Å²) in [6.07, 6.45) is 1.11. The van der Waals surface area contributed by atoms with E-state index in [2.05, 4.69) is 25.3 Å². The Morgan fingerprint density at radius 3 is 2.58 bits per heavy atom. The van der Waals surface area contributed by atoms with Crippen molar-refractivity contribution in [1.29, 1.82) is 0 Å². The molecule has 0 spiro atoms. The molecule has 2 aromatic rings. The molecule has 2 rings (SSSR count). The maximum atomic E-state index is 13.5. The highest BCUT2D eigenvalue weighted by atomic mass is 19.1. The Morgan fingerprint density at radius 1 is 1.37 bits per heavy atom. The number of halogens is 2. The lowest BCUT2D eigenvalue weighted by Crippen LogP contribution is -2.23. The van der Waals surface area contributed by atoms with E-state index in [0.29, 0.717) is 0 Å². The Labute approximate surface area is 106 Å². The molecule has 1 aromatic heterocycles. The van der Waals surface area contributed by atoms with Gasteiger partial charge in [0.15, 0.2) is 5.82 Å². The van der Waals surface area contributed by atoms with E-state index in [1.54, 1.807) is 0 Å². The van der Waals surface area contributed by atoms with Crippen LogP contribution in [0, 0.1) is 11.6 Å². The summed E-state index contributed by atoms with van der Waals surface area (Å²) >= 11 is 0. The van der Waals surface area contributed by atoms with Gasteiger partial charge in [0.1, 0.15) is 17.3 Å². The molecule has 1 amide bonds. The highest BCUT2D eigenvalue weighted by Gasteiger charge is 2.14. The molecule has 0 saturated heterocycles. The lowest BCUT2D eigenvalue weighted by molar-refractivity contribution is 0.0948. The van der Waals surface area contributed by atoms with Gasteiger partial charge in [0.05, 0.1) is 6.54 Å². The van der Waals surface area contributed by atoms with Crippen LogP contribution in [0.1, 0.15) is 16.2 Å². The highest BCUT2D eigenvalue weighted by molar-refractivity contribution is 5.94. The SMILES string of the molecule is CNc1c(F)cc(C(=O)NCc2ncon2)cc1F. The number of benzene rings is 1. The van der Waals surface area contributed by atoms with Crippen LogP contribution in [-0.4, -0.2) is 23.1 Å². The number of amides is 1. The van der Waals surface area contributed by atoms with Crippen LogP contribution in [-0.2, 0) is 6.54 Å². The number of hydrogen-bond donors (Lipinski definition) is 2. The topological polar surface area (TPSA) is 80.0 Å². The Balaban J connectivity index is 2.11. The van der Waals surface area contributed by atoms with Crippen molar-refractivity contribution in [3.05, 3.63) is 41.5 Å². The van der Waals surface area contributed by atoms with Gasteiger partial charge in [-0.25, -0.2) is 8.78 Å². The number of aromatic nitrogens is 2. The van der Waals surface area contributed by atoms with Crippen LogP contribution in [0.25, 0.3) is 0 Å². The third-order valence-corrected chi connectivity index (χ3v) is 2.37. The highest BCUT2D eigenvalue weighted by Crippen LogP contribution is 2.20. The minimum Gasteiger partial charge on any atom is -0.383 e. The molecule has 0 aliphatic carbocycles. The Kier molecular flexibility index (Phi) is 3.69. The number of hydrogen-bond acceptors (Lipinski definition) is 5. The predicted octanol–water partition coefficient (Wildman–Crippen LogP) is 1.32. The van der Waals surface area contributed by atoms with Gasteiger partial charge in [-0.3, -0.25) is 4.79 Å². The Bertz CT molecular complexity index is 563. The number of nitrogens with one attached hydrogen (secondary N) is 2. The van der Waals surface area contributed by atoms with Crippen LogP contribution >= 0.6 is 0 Å². The molecule has 0 atom stereocenters. The zero-order valence-corrected chi connectivity index (χ0v) is 9.91. The van der Waals surface area contributed by atoms with Gasteiger partial charge >= 0.3 is 0 Å². The summed E-state index contributed by atoms with van der Waals surface area (Å²) in [6.45, 7) is 0.00630. The molecule has 19 heavy (non-hydrogen) atoms. The standard InChI is InChI=1S/C11H10F2N4O2/c1-14-10-7(12)2-6(3-8(10)13)11(18)15-4-9-16-5-19-17-9/h2-3,5,14H,4H2,1H3,(H,15,18). The largest absolute Gasteiger partial charge is 0.383 e. The zero-order chi connectivity index (χ0) is 13.8. The fourth-order valence-corrected chi connectivity index (χ4v) is 1.47. The first-order chi connectivity index (χ1) is 9.11. The predicted molar refractivity (Wildman–Crippen MR) is 61.4 cm³/mol. The zero-order valence-electron chi connectivity index (χ0n) is 9.91. The lowest BCUT2D eigenvalue weighted by atomic mass is 10.1. The molecular weight excluding hydrogens is 258 g/mol. The molecular formula is C11H10F2N4O2. The lowest BCUT2D eigenvalue weighted by Gasteiger charge is -2.07. The van der Waals surface area contributed by atoms with Gasteiger partial charge in [0.25, 0.3) is 5.91 Å². The van der Waals surface area contributed by atoms with E-state index in [4.69, 9.17) is 0 Å². The van der Waals surface area contributed by atoms with Crippen molar-refractivity contribution in [2.24, 2.45) is 0 Å². The van der Waals surface area contributed by atoms with Crippen LogP contribution in [0.3, 0.4) is 0 Å². The van der Waals surface area contributed by atoms with E-state index in [1.165, 1.54) is 7.05 Å². The molecule has 8 heteroatoms. The normalized spacial score (nSPS) is 10.3. The minimum atomic E-state index is -0.841. The van der Waals surface area contributed by atoms with Crippen molar-refractivity contribution in [2.75, 3.05) is 12.4 Å². The number of rotatable bonds is 4. The van der Waals surface area contributed by atoms with Crippen LogP contribution in [0.5, 0.6) is 0 Å². The molecule has 2 N–H and O–H groups in total. The van der Waals surface area contributed by atoms with E-state index >= 15 is 0 Å². The second-order valence-electron chi connectivity index (χ2n) is 3.60. The van der Waals surface area contributed by atoms with Crippen molar-refractivity contribution in [3.8, 4) is 0 Å². The molecule has 1 aromatic carbocycles. The van der Waals surface area contributed by atoms with Crippen molar-refractivity contribution in [2.45, 2.75) is 6.54 Å². The molecule has 6 nitrogen and oxygen atoms in total. The first-order valence-corrected chi connectivity index (χ1v) is 5.32. The third kappa shape index (κ3) is 2.84. The van der Waals surface area contributed by atoms with Gasteiger partial charge in [-0.15, -0.1) is 0 Å². The molecule has 1 heterocycles. The number of nitrogens with zero attached hydrogens (tertiary/aromatic N) is 2. The minimum absolute atomic E-state index is 0.00630. The maximum absolute atomic E-state index is 13.5. The van der Waals surface area contributed by atoms with Crippen molar-refractivity contribution in [1.82, 2.24) is 15.5 Å². The fourth-order valence-electron chi connectivity index (χ4n) is 1.47. The fraction of sp³-hybridized carbons (Fsp3) is 0.182. The molecule has 0 aliphatic heterocycles. The van der Waals surface area contributed by atoms with Gasteiger partial charge in [0.2, 0.25) is 6.39 Å². The quantitative estimate of drug-likeness (QED) is 0.874. The Hall–Kier alpha value is -2.51. The summed E-state index contributed by atoms with van der Waals surface area (Å²) in [5, 5.41) is 8.27. The summed E-state index contributed by atoms with van der Waals surface area (Å²) in [4.78, 5) is 15.4. The summed E-state index contributed by atoms with van der Waals surface area (Å²) in [7, 11) is 1.39. The summed E-state index contributed by atoms with van der Waals surface area (Å²) in [6, 6.07) is 1.89. The van der Waals surface area contributed by atoms with Gasteiger partial charge in [-0.05, 0) is 12.1 Å². The van der Waals surface area contributed by atoms with Crippen LogP contribution in [0.15, 0.2) is 23.0 Å². The van der Waals surface area contributed by atoms with E-state index in [9.17, 15) is 13.6 Å². The average molecular weight is 268 g/mol. The van der Waals surface area contributed by atoms with Gasteiger partial charge in [0, 0.05) is 12.6 Å². The van der Waals surface area contributed by atoms with Gasteiger partial charge in [-0.1, -0.05) is 5.16 Å². The average Bonchev–Trinajstić information content (AvgIpc) is 2.88. The molecule has 0 bridgehead atoms. The van der Waals surface area contributed by atoms with Crippen LogP contribution in [0.2, 0.25) is 0 Å². The maximum Gasteiger partial charge on any atom is 0.251 e. The second kappa shape index (κ2) is 5.42. The van der Waals surface area contributed by atoms with Gasteiger partial charge < -0.3 is 15.2 Å². The van der Waals surface area contributed by atoms with Crippen molar-refractivity contribution >= 4 is 11.6 Å². The van der Waals surface area contributed by atoms with Crippen LogP contribution in [0.4, 0.5) is 14.5 Å². The third-order valence-electron chi connectivity index (χ3n) is 2.37. The van der Waals surface area contributed by atoms with E-state index in [1.807, 2.05) is 0 Å². The monoisotopic (exact) mass is 268 g/mol. The molecule has 0 radical (unpaired) electrons. The number of anilines is 1. The molecule has 0 aliphatic rings. The Morgan fingerprint density at radius 2 is 2.05 bits per heavy atom. The first kappa shape index (κ1) is 12.9. The van der Waals surface area contributed by atoms with E-state index in [0.717, 1.165) is 18.5 Å². The first-order valence-electron chi connectivity index (χ1n) is 5.32. The second-order valence-corrected chi connectivity index (χ2v) is 3.60. The smallest absolute Gasteiger partial charge is 0.251 e. The summed E-state index contributed by atoms with van der Waals surface area (Å²) < 4.78 is 31.4. The number of carbonyl (C=O) groups is 1. The van der Waals surface area contributed by atoms with Crippen LogP contribution < -0.4 is 10.6 Å². The summed E-state index contributed by atoms with van der Waals surface area (Å²) in [5.74, 6) is -2.05. The van der Waals surface area contributed by atoms with E-state index in [-0.39, 0.29) is 23.6 Å². The molecule has 0 saturated carbocycles. The van der Waals surface area contributed by atoms with E-state index < -0.39 is 17.5 Å².